The maximum Gasteiger partial charge on any atom is 0.0708 e. The van der Waals surface area contributed by atoms with Crippen LogP contribution in [0.2, 0.25) is 0 Å². The van der Waals surface area contributed by atoms with Gasteiger partial charge in [-0.15, -0.1) is 11.8 Å². The lowest BCUT2D eigenvalue weighted by atomic mass is 10.3. The van der Waals surface area contributed by atoms with E-state index in [4.69, 9.17) is 0 Å². The van der Waals surface area contributed by atoms with Gasteiger partial charge in [-0.1, -0.05) is 11.8 Å². The normalized spacial score (nSPS) is 10.5. The van der Waals surface area contributed by atoms with Crippen molar-refractivity contribution in [3.63, 3.8) is 0 Å². The van der Waals surface area contributed by atoms with Crippen molar-refractivity contribution in [3.05, 3.63) is 48.3 Å². The van der Waals surface area contributed by atoms with Crippen molar-refractivity contribution in [2.75, 3.05) is 6.26 Å². The van der Waals surface area contributed by atoms with Gasteiger partial charge in [0.15, 0.2) is 0 Å². The molecule has 2 aromatic rings. The summed E-state index contributed by atoms with van der Waals surface area (Å²) in [5.74, 6) is 0. The van der Waals surface area contributed by atoms with E-state index in [2.05, 4.69) is 35.5 Å². The molecule has 0 fully saturated rings. The van der Waals surface area contributed by atoms with Gasteiger partial charge in [-0.05, 0) is 36.6 Å². The van der Waals surface area contributed by atoms with Crippen LogP contribution in [0.3, 0.4) is 0 Å². The highest BCUT2D eigenvalue weighted by atomic mass is 32.2. The van der Waals surface area contributed by atoms with Gasteiger partial charge in [0.2, 0.25) is 0 Å². The number of benzene rings is 1. The third-order valence-corrected chi connectivity index (χ3v) is 4.19. The molecule has 0 aliphatic heterocycles. The third kappa shape index (κ3) is 3.25. The minimum absolute atomic E-state index is 0.0269. The molecule has 0 aliphatic carbocycles. The summed E-state index contributed by atoms with van der Waals surface area (Å²) in [6.45, 7) is 0.0269. The summed E-state index contributed by atoms with van der Waals surface area (Å²) in [6, 6.07) is 10.3. The first kappa shape index (κ1) is 12.5. The van der Waals surface area contributed by atoms with Crippen LogP contribution >= 0.6 is 23.5 Å². The molecule has 2 rings (SSSR count). The summed E-state index contributed by atoms with van der Waals surface area (Å²) in [5.41, 5.74) is 0.867. The molecular formula is C13H13NOS2. The summed E-state index contributed by atoms with van der Waals surface area (Å²) in [4.78, 5) is 7.49. The van der Waals surface area contributed by atoms with Gasteiger partial charge in [-0.25, -0.2) is 0 Å². The minimum Gasteiger partial charge on any atom is -0.392 e. The van der Waals surface area contributed by atoms with E-state index >= 15 is 0 Å². The molecule has 88 valence electrons. The highest BCUT2D eigenvalue weighted by molar-refractivity contribution is 7.99. The average Bonchev–Trinajstić information content (AvgIpc) is 2.40. The van der Waals surface area contributed by atoms with Crippen molar-refractivity contribution in [3.8, 4) is 0 Å². The Balaban J connectivity index is 2.19. The van der Waals surface area contributed by atoms with E-state index in [-0.39, 0.29) is 6.61 Å². The first-order valence-electron chi connectivity index (χ1n) is 5.19. The van der Waals surface area contributed by atoms with Crippen LogP contribution in [-0.4, -0.2) is 16.3 Å². The second kappa shape index (κ2) is 6.10. The van der Waals surface area contributed by atoms with Crippen molar-refractivity contribution in [2.45, 2.75) is 21.3 Å². The monoisotopic (exact) mass is 263 g/mol. The van der Waals surface area contributed by atoms with Crippen molar-refractivity contribution >= 4 is 23.5 Å². The Morgan fingerprint density at radius 2 is 1.82 bits per heavy atom. The zero-order valence-corrected chi connectivity index (χ0v) is 11.1. The lowest BCUT2D eigenvalue weighted by Gasteiger charge is -2.06. The molecule has 0 radical (unpaired) electrons. The van der Waals surface area contributed by atoms with E-state index < -0.39 is 0 Å². The van der Waals surface area contributed by atoms with Gasteiger partial charge in [0.05, 0.1) is 6.61 Å². The van der Waals surface area contributed by atoms with Gasteiger partial charge in [0, 0.05) is 32.6 Å². The largest absolute Gasteiger partial charge is 0.392 e. The number of rotatable bonds is 4. The van der Waals surface area contributed by atoms with Gasteiger partial charge >= 0.3 is 0 Å². The Hall–Kier alpha value is -0.970. The topological polar surface area (TPSA) is 33.1 Å². The first-order chi connectivity index (χ1) is 8.33. The molecule has 0 spiro atoms. The predicted octanol–water partition coefficient (Wildman–Crippen LogP) is 3.45. The first-order valence-corrected chi connectivity index (χ1v) is 7.23. The number of aliphatic hydroxyl groups is 1. The molecule has 1 N–H and O–H groups in total. The van der Waals surface area contributed by atoms with Crippen LogP contribution in [-0.2, 0) is 6.61 Å². The number of aromatic nitrogens is 1. The number of nitrogens with zero attached hydrogens (tertiary/aromatic N) is 1. The quantitative estimate of drug-likeness (QED) is 0.857. The summed E-state index contributed by atoms with van der Waals surface area (Å²) in [6.07, 6.45) is 5.52. The molecule has 1 heterocycles. The molecule has 4 heteroatoms. The molecule has 2 nitrogen and oxygen atoms in total. The number of hydrogen-bond acceptors (Lipinski definition) is 4. The summed E-state index contributed by atoms with van der Waals surface area (Å²) in [5, 5.41) is 9.22. The molecular weight excluding hydrogens is 250 g/mol. The molecule has 1 aromatic heterocycles. The van der Waals surface area contributed by atoms with Gasteiger partial charge in [0.1, 0.15) is 0 Å². The fourth-order valence-electron chi connectivity index (χ4n) is 1.40. The zero-order valence-electron chi connectivity index (χ0n) is 9.46. The van der Waals surface area contributed by atoms with Gasteiger partial charge in [-0.2, -0.15) is 0 Å². The maximum atomic E-state index is 9.22. The second-order valence-corrected chi connectivity index (χ2v) is 5.41. The Kier molecular flexibility index (Phi) is 4.48. The Labute approximate surface area is 109 Å². The summed E-state index contributed by atoms with van der Waals surface area (Å²) < 4.78 is 0. The summed E-state index contributed by atoms with van der Waals surface area (Å²) in [7, 11) is 0. The van der Waals surface area contributed by atoms with Crippen LogP contribution in [0.25, 0.3) is 0 Å². The molecule has 0 unspecified atom stereocenters. The van der Waals surface area contributed by atoms with E-state index in [1.54, 1.807) is 35.9 Å². The minimum atomic E-state index is 0.0269. The van der Waals surface area contributed by atoms with E-state index in [9.17, 15) is 5.11 Å². The standard InChI is InChI=1S/C13H13NOS2/c1-16-11-2-4-12(5-3-11)17-13-6-7-14-8-10(13)9-15/h2-8,15H,9H2,1H3. The number of thioether (sulfide) groups is 1. The predicted molar refractivity (Wildman–Crippen MR) is 72.5 cm³/mol. The van der Waals surface area contributed by atoms with Crippen LogP contribution in [0.5, 0.6) is 0 Å². The molecule has 17 heavy (non-hydrogen) atoms. The van der Waals surface area contributed by atoms with Crippen LogP contribution < -0.4 is 0 Å². The molecule has 0 amide bonds. The zero-order chi connectivity index (χ0) is 12.1. The van der Waals surface area contributed by atoms with Crippen LogP contribution in [0.15, 0.2) is 57.4 Å². The highest BCUT2D eigenvalue weighted by Gasteiger charge is 2.03. The fourth-order valence-corrected chi connectivity index (χ4v) is 2.72. The SMILES string of the molecule is CSc1ccc(Sc2ccncc2CO)cc1. The number of pyridine rings is 1. The molecule has 0 bridgehead atoms. The van der Waals surface area contributed by atoms with E-state index in [1.807, 2.05) is 6.07 Å². The number of hydrogen-bond donors (Lipinski definition) is 1. The van der Waals surface area contributed by atoms with E-state index in [0.717, 1.165) is 10.5 Å². The van der Waals surface area contributed by atoms with Crippen LogP contribution in [0.4, 0.5) is 0 Å². The van der Waals surface area contributed by atoms with Gasteiger partial charge in [-0.3, -0.25) is 4.98 Å². The molecule has 0 saturated carbocycles. The lowest BCUT2D eigenvalue weighted by Crippen LogP contribution is -1.88. The average molecular weight is 263 g/mol. The maximum absolute atomic E-state index is 9.22. The van der Waals surface area contributed by atoms with Crippen LogP contribution in [0, 0.1) is 0 Å². The Morgan fingerprint density at radius 1 is 1.12 bits per heavy atom. The molecule has 0 atom stereocenters. The second-order valence-electron chi connectivity index (χ2n) is 3.42. The number of aliphatic hydroxyl groups excluding tert-OH is 1. The molecule has 0 aliphatic rings. The van der Waals surface area contributed by atoms with Crippen LogP contribution in [0.1, 0.15) is 5.56 Å². The highest BCUT2D eigenvalue weighted by Crippen LogP contribution is 2.31. The van der Waals surface area contributed by atoms with Gasteiger partial charge in [0.25, 0.3) is 0 Å². The van der Waals surface area contributed by atoms with Crippen molar-refractivity contribution in [1.82, 2.24) is 4.98 Å². The fraction of sp³-hybridized carbons (Fsp3) is 0.154. The van der Waals surface area contributed by atoms with Crippen molar-refractivity contribution < 1.29 is 5.11 Å². The van der Waals surface area contributed by atoms with E-state index in [1.165, 1.54) is 9.79 Å². The van der Waals surface area contributed by atoms with Gasteiger partial charge < -0.3 is 5.11 Å². The van der Waals surface area contributed by atoms with Crippen molar-refractivity contribution in [2.24, 2.45) is 0 Å². The summed E-state index contributed by atoms with van der Waals surface area (Å²) >= 11 is 3.38. The third-order valence-electron chi connectivity index (χ3n) is 2.32. The Morgan fingerprint density at radius 3 is 2.47 bits per heavy atom. The Bertz CT molecular complexity index is 485. The van der Waals surface area contributed by atoms with Crippen molar-refractivity contribution in [1.29, 1.82) is 0 Å². The lowest BCUT2D eigenvalue weighted by molar-refractivity contribution is 0.278. The smallest absolute Gasteiger partial charge is 0.0708 e. The molecule has 1 aromatic carbocycles. The molecule has 0 saturated heterocycles. The van der Waals surface area contributed by atoms with E-state index in [0.29, 0.717) is 0 Å².